The molecule has 106 valence electrons. The minimum Gasteiger partial charge on any atom is -0.369 e. The van der Waals surface area contributed by atoms with Crippen molar-refractivity contribution in [3.05, 3.63) is 40.6 Å². The molecule has 2 rings (SSSR count). The fraction of sp³-hybridized carbons (Fsp3) is 0.333. The van der Waals surface area contributed by atoms with Gasteiger partial charge in [-0.05, 0) is 54.4 Å². The third-order valence-electron chi connectivity index (χ3n) is 3.00. The quantitative estimate of drug-likeness (QED) is 0.892. The molecule has 1 heterocycles. The van der Waals surface area contributed by atoms with Gasteiger partial charge in [0.1, 0.15) is 16.6 Å². The van der Waals surface area contributed by atoms with Crippen molar-refractivity contribution in [1.29, 1.82) is 0 Å². The van der Waals surface area contributed by atoms with E-state index in [0.717, 1.165) is 34.9 Å². The Labute approximate surface area is 128 Å². The highest BCUT2D eigenvalue weighted by Crippen LogP contribution is 2.33. The zero-order chi connectivity index (χ0) is 14.5. The molecule has 5 heteroatoms. The van der Waals surface area contributed by atoms with Crippen molar-refractivity contribution in [2.75, 3.05) is 23.3 Å². The Kier molecular flexibility index (Phi) is 4.95. The average Bonchev–Trinajstić information content (AvgIpc) is 2.44. The second kappa shape index (κ2) is 6.70. The van der Waals surface area contributed by atoms with Crippen LogP contribution in [0.2, 0.25) is 0 Å². The molecule has 0 unspecified atom stereocenters. The Morgan fingerprint density at radius 3 is 2.70 bits per heavy atom. The summed E-state index contributed by atoms with van der Waals surface area (Å²) in [5.41, 5.74) is 2.37. The van der Waals surface area contributed by atoms with Crippen LogP contribution in [-0.4, -0.2) is 23.1 Å². The summed E-state index contributed by atoms with van der Waals surface area (Å²) in [6.07, 6.45) is 1.59. The molecule has 0 fully saturated rings. The van der Waals surface area contributed by atoms with Crippen LogP contribution in [0.25, 0.3) is 0 Å². The Morgan fingerprint density at radius 2 is 2.05 bits per heavy atom. The van der Waals surface area contributed by atoms with E-state index in [1.165, 1.54) is 5.56 Å². The third kappa shape index (κ3) is 3.10. The van der Waals surface area contributed by atoms with Gasteiger partial charge >= 0.3 is 0 Å². The highest BCUT2D eigenvalue weighted by Gasteiger charge is 2.15. The third-order valence-corrected chi connectivity index (χ3v) is 3.73. The first-order valence-corrected chi connectivity index (χ1v) is 7.55. The van der Waals surface area contributed by atoms with Crippen LogP contribution >= 0.6 is 15.9 Å². The van der Waals surface area contributed by atoms with Crippen LogP contribution in [-0.2, 0) is 0 Å². The molecule has 0 radical (unpaired) electrons. The number of benzene rings is 1. The zero-order valence-corrected chi connectivity index (χ0v) is 13.6. The molecule has 0 saturated carbocycles. The lowest BCUT2D eigenvalue weighted by Crippen LogP contribution is -2.19. The summed E-state index contributed by atoms with van der Waals surface area (Å²) < 4.78 is 0.894. The van der Waals surface area contributed by atoms with Gasteiger partial charge in [-0.1, -0.05) is 12.1 Å². The minimum atomic E-state index is 0.823. The molecule has 0 aliphatic heterocycles. The number of hydrogen-bond acceptors (Lipinski definition) is 4. The number of halogens is 1. The van der Waals surface area contributed by atoms with Gasteiger partial charge in [0.25, 0.3) is 0 Å². The molecule has 4 nitrogen and oxygen atoms in total. The van der Waals surface area contributed by atoms with Crippen LogP contribution in [0.15, 0.2) is 35.1 Å². The molecular weight excluding hydrogens is 316 g/mol. The molecule has 0 aliphatic rings. The van der Waals surface area contributed by atoms with Crippen LogP contribution in [0.5, 0.6) is 0 Å². The van der Waals surface area contributed by atoms with Gasteiger partial charge in [-0.25, -0.2) is 9.97 Å². The lowest BCUT2D eigenvalue weighted by atomic mass is 10.2. The topological polar surface area (TPSA) is 41.1 Å². The van der Waals surface area contributed by atoms with Gasteiger partial charge in [-0.15, -0.1) is 0 Å². The van der Waals surface area contributed by atoms with Gasteiger partial charge in [0.15, 0.2) is 5.82 Å². The second-order valence-corrected chi connectivity index (χ2v) is 5.27. The number of aromatic nitrogens is 2. The van der Waals surface area contributed by atoms with Crippen molar-refractivity contribution in [3.8, 4) is 0 Å². The van der Waals surface area contributed by atoms with Crippen molar-refractivity contribution in [1.82, 2.24) is 9.97 Å². The lowest BCUT2D eigenvalue weighted by molar-refractivity contribution is 0.965. The molecule has 1 aromatic heterocycles. The Balaban J connectivity index is 2.44. The summed E-state index contributed by atoms with van der Waals surface area (Å²) in [5.74, 6) is 1.70. The molecule has 20 heavy (non-hydrogen) atoms. The van der Waals surface area contributed by atoms with Crippen molar-refractivity contribution in [2.45, 2.75) is 20.8 Å². The van der Waals surface area contributed by atoms with Crippen LogP contribution in [0.4, 0.5) is 17.3 Å². The van der Waals surface area contributed by atoms with E-state index in [-0.39, 0.29) is 0 Å². The van der Waals surface area contributed by atoms with Crippen molar-refractivity contribution < 1.29 is 0 Å². The Hall–Kier alpha value is -1.62. The summed E-state index contributed by atoms with van der Waals surface area (Å²) in [6, 6.07) is 8.41. The van der Waals surface area contributed by atoms with E-state index in [2.05, 4.69) is 74.2 Å². The second-order valence-electron chi connectivity index (χ2n) is 4.47. The fourth-order valence-corrected chi connectivity index (χ4v) is 2.65. The predicted molar refractivity (Wildman–Crippen MR) is 87.8 cm³/mol. The number of hydrogen-bond donors (Lipinski definition) is 1. The Bertz CT molecular complexity index is 586. The van der Waals surface area contributed by atoms with E-state index >= 15 is 0 Å². The van der Waals surface area contributed by atoms with E-state index in [4.69, 9.17) is 0 Å². The summed E-state index contributed by atoms with van der Waals surface area (Å²) in [5, 5.41) is 3.23. The normalized spacial score (nSPS) is 10.4. The standard InChI is InChI=1S/C15H19BrN4/c1-4-17-14-13(16)15(19-10-18-14)20(5-2)12-8-6-7-11(3)9-12/h6-10H,4-5H2,1-3H3,(H,17,18,19). The number of anilines is 3. The molecule has 0 spiro atoms. The molecule has 0 saturated heterocycles. The molecule has 0 aliphatic carbocycles. The summed E-state index contributed by atoms with van der Waals surface area (Å²) >= 11 is 3.61. The minimum absolute atomic E-state index is 0.823. The Morgan fingerprint density at radius 1 is 1.25 bits per heavy atom. The van der Waals surface area contributed by atoms with Crippen LogP contribution in [0.3, 0.4) is 0 Å². The van der Waals surface area contributed by atoms with Gasteiger partial charge in [0, 0.05) is 18.8 Å². The van der Waals surface area contributed by atoms with E-state index in [9.17, 15) is 0 Å². The largest absolute Gasteiger partial charge is 0.369 e. The summed E-state index contributed by atoms with van der Waals surface area (Å²) in [4.78, 5) is 10.9. The van der Waals surface area contributed by atoms with Crippen molar-refractivity contribution >= 4 is 33.3 Å². The predicted octanol–water partition coefficient (Wildman–Crippen LogP) is 4.14. The molecular formula is C15H19BrN4. The summed E-state index contributed by atoms with van der Waals surface area (Å²) in [6.45, 7) is 7.92. The van der Waals surface area contributed by atoms with E-state index < -0.39 is 0 Å². The smallest absolute Gasteiger partial charge is 0.152 e. The monoisotopic (exact) mass is 334 g/mol. The maximum atomic E-state index is 4.43. The molecule has 0 bridgehead atoms. The van der Waals surface area contributed by atoms with Crippen LogP contribution < -0.4 is 10.2 Å². The number of aryl methyl sites for hydroxylation is 1. The molecule has 0 atom stereocenters. The first-order valence-electron chi connectivity index (χ1n) is 6.76. The first kappa shape index (κ1) is 14.8. The van der Waals surface area contributed by atoms with E-state index in [1.807, 2.05) is 6.92 Å². The molecule has 2 aromatic rings. The number of nitrogens with one attached hydrogen (secondary N) is 1. The number of nitrogens with zero attached hydrogens (tertiary/aromatic N) is 3. The maximum absolute atomic E-state index is 4.43. The molecule has 1 aromatic carbocycles. The van der Waals surface area contributed by atoms with Crippen molar-refractivity contribution in [2.24, 2.45) is 0 Å². The van der Waals surface area contributed by atoms with Gasteiger partial charge < -0.3 is 10.2 Å². The lowest BCUT2D eigenvalue weighted by Gasteiger charge is -2.24. The van der Waals surface area contributed by atoms with E-state index in [1.54, 1.807) is 6.33 Å². The highest BCUT2D eigenvalue weighted by atomic mass is 79.9. The average molecular weight is 335 g/mol. The van der Waals surface area contributed by atoms with Gasteiger partial charge in [0.2, 0.25) is 0 Å². The van der Waals surface area contributed by atoms with Gasteiger partial charge in [-0.3, -0.25) is 0 Å². The van der Waals surface area contributed by atoms with Crippen molar-refractivity contribution in [3.63, 3.8) is 0 Å². The van der Waals surface area contributed by atoms with E-state index in [0.29, 0.717) is 0 Å². The van der Waals surface area contributed by atoms with Gasteiger partial charge in [0.05, 0.1) is 0 Å². The zero-order valence-electron chi connectivity index (χ0n) is 12.0. The molecule has 1 N–H and O–H groups in total. The highest BCUT2D eigenvalue weighted by molar-refractivity contribution is 9.10. The van der Waals surface area contributed by atoms with Gasteiger partial charge in [-0.2, -0.15) is 0 Å². The molecule has 0 amide bonds. The first-order chi connectivity index (χ1) is 9.67. The fourth-order valence-electron chi connectivity index (χ4n) is 2.09. The van der Waals surface area contributed by atoms with Crippen LogP contribution in [0.1, 0.15) is 19.4 Å². The van der Waals surface area contributed by atoms with Crippen LogP contribution in [0, 0.1) is 6.92 Å². The SMILES string of the molecule is CCNc1ncnc(N(CC)c2cccc(C)c2)c1Br. The maximum Gasteiger partial charge on any atom is 0.152 e. The number of rotatable bonds is 5. The summed E-state index contributed by atoms with van der Waals surface area (Å²) in [7, 11) is 0.